The van der Waals surface area contributed by atoms with Crippen molar-refractivity contribution in [3.05, 3.63) is 162 Å². The highest BCUT2D eigenvalue weighted by Crippen LogP contribution is 2.55. The van der Waals surface area contributed by atoms with Gasteiger partial charge in [0.15, 0.2) is 0 Å². The van der Waals surface area contributed by atoms with Crippen molar-refractivity contribution in [2.75, 3.05) is 0 Å². The molecule has 0 spiro atoms. The van der Waals surface area contributed by atoms with Crippen LogP contribution in [0.4, 0.5) is 0 Å². The SMILES string of the molecule is CCn1c(C)c(C2(c3c(-c4ccccc4)c(-c4ccccc4)c4ccccn34)OC(=O)c3ccccc32)c2ccccc21. The van der Waals surface area contributed by atoms with Gasteiger partial charge in [-0.3, -0.25) is 0 Å². The summed E-state index contributed by atoms with van der Waals surface area (Å²) in [5.74, 6) is -0.311. The summed E-state index contributed by atoms with van der Waals surface area (Å²) in [4.78, 5) is 14.0. The fourth-order valence-electron chi connectivity index (χ4n) is 7.32. The Morgan fingerprint density at radius 3 is 2.02 bits per heavy atom. The highest BCUT2D eigenvalue weighted by atomic mass is 16.6. The Bertz CT molecular complexity index is 2170. The molecule has 4 heterocycles. The summed E-state index contributed by atoms with van der Waals surface area (Å²) >= 11 is 0. The number of benzene rings is 4. The molecule has 8 rings (SSSR count). The number of aryl methyl sites for hydroxylation is 1. The first-order valence-electron chi connectivity index (χ1n) is 14.8. The zero-order chi connectivity index (χ0) is 29.1. The van der Waals surface area contributed by atoms with E-state index in [1.165, 1.54) is 0 Å². The van der Waals surface area contributed by atoms with Crippen LogP contribution in [0.2, 0.25) is 0 Å². The summed E-state index contributed by atoms with van der Waals surface area (Å²) in [6, 6.07) is 43.7. The maximum atomic E-state index is 14.0. The molecule has 4 heteroatoms. The van der Waals surface area contributed by atoms with Gasteiger partial charge in [0.1, 0.15) is 0 Å². The summed E-state index contributed by atoms with van der Waals surface area (Å²) in [6.07, 6.45) is 2.11. The lowest BCUT2D eigenvalue weighted by atomic mass is 9.78. The van der Waals surface area contributed by atoms with Gasteiger partial charge >= 0.3 is 5.97 Å². The van der Waals surface area contributed by atoms with Crippen molar-refractivity contribution >= 4 is 22.4 Å². The predicted octanol–water partition coefficient (Wildman–Crippen LogP) is 9.02. The number of carbonyl (C=O) groups is 1. The van der Waals surface area contributed by atoms with Gasteiger partial charge in [-0.1, -0.05) is 103 Å². The maximum absolute atomic E-state index is 14.0. The zero-order valence-electron chi connectivity index (χ0n) is 24.1. The molecular weight excluding hydrogens is 528 g/mol. The summed E-state index contributed by atoms with van der Waals surface area (Å²) in [6.45, 7) is 5.12. The number of fused-ring (bicyclic) bond motifs is 3. The number of aromatic nitrogens is 2. The quantitative estimate of drug-likeness (QED) is 0.198. The number of hydrogen-bond acceptors (Lipinski definition) is 2. The Kier molecular flexibility index (Phi) is 5.66. The number of carbonyl (C=O) groups excluding carboxylic acids is 1. The van der Waals surface area contributed by atoms with Crippen molar-refractivity contribution in [2.45, 2.75) is 26.0 Å². The molecule has 4 nitrogen and oxygen atoms in total. The maximum Gasteiger partial charge on any atom is 0.340 e. The van der Waals surface area contributed by atoms with Crippen molar-refractivity contribution in [3.63, 3.8) is 0 Å². The minimum Gasteiger partial charge on any atom is -0.439 e. The number of nitrogens with zero attached hydrogens (tertiary/aromatic N) is 2. The van der Waals surface area contributed by atoms with E-state index in [4.69, 9.17) is 4.74 Å². The number of esters is 1. The molecule has 43 heavy (non-hydrogen) atoms. The van der Waals surface area contributed by atoms with E-state index in [9.17, 15) is 4.79 Å². The van der Waals surface area contributed by atoms with Crippen LogP contribution in [-0.2, 0) is 16.9 Å². The van der Waals surface area contributed by atoms with Crippen LogP contribution in [-0.4, -0.2) is 14.9 Å². The number of cyclic esters (lactones) is 1. The standard InChI is InChI=1S/C39H30N2O2/c1-3-40-26(2)36(30-21-11-13-23-32(30)40)39(31-22-12-10-20-29(31)38(42)43-39)37-35(28-18-8-5-9-19-28)34(27-16-6-4-7-17-27)33-24-14-15-25-41(33)37/h4-25H,3H2,1-2H3. The smallest absolute Gasteiger partial charge is 0.340 e. The van der Waals surface area contributed by atoms with Crippen molar-refractivity contribution < 1.29 is 9.53 Å². The Morgan fingerprint density at radius 1 is 0.674 bits per heavy atom. The normalized spacial score (nSPS) is 16.1. The van der Waals surface area contributed by atoms with Crippen LogP contribution >= 0.6 is 0 Å². The van der Waals surface area contributed by atoms with Crippen LogP contribution in [0.15, 0.2) is 134 Å². The van der Waals surface area contributed by atoms with E-state index in [0.717, 1.165) is 67.7 Å². The minimum absolute atomic E-state index is 0.311. The van der Waals surface area contributed by atoms with Gasteiger partial charge in [-0.25, -0.2) is 4.79 Å². The largest absolute Gasteiger partial charge is 0.439 e. The Balaban J connectivity index is 1.64. The second-order valence-electron chi connectivity index (χ2n) is 11.1. The lowest BCUT2D eigenvalue weighted by molar-refractivity contribution is 0.0241. The van der Waals surface area contributed by atoms with Crippen molar-refractivity contribution in [1.82, 2.24) is 8.97 Å². The molecule has 3 aromatic heterocycles. The van der Waals surface area contributed by atoms with Crippen LogP contribution in [0.5, 0.6) is 0 Å². The van der Waals surface area contributed by atoms with Gasteiger partial charge in [0, 0.05) is 51.6 Å². The van der Waals surface area contributed by atoms with Gasteiger partial charge in [0.2, 0.25) is 5.60 Å². The molecule has 1 aliphatic heterocycles. The first-order valence-corrected chi connectivity index (χ1v) is 14.8. The van der Waals surface area contributed by atoms with E-state index in [1.54, 1.807) is 0 Å². The fourth-order valence-corrected chi connectivity index (χ4v) is 7.32. The van der Waals surface area contributed by atoms with Gasteiger partial charge < -0.3 is 13.7 Å². The molecule has 0 saturated carbocycles. The van der Waals surface area contributed by atoms with Crippen molar-refractivity contribution in [3.8, 4) is 22.3 Å². The average Bonchev–Trinajstić information content (AvgIpc) is 3.67. The topological polar surface area (TPSA) is 35.6 Å². The zero-order valence-corrected chi connectivity index (χ0v) is 24.1. The van der Waals surface area contributed by atoms with E-state index in [-0.39, 0.29) is 5.97 Å². The first kappa shape index (κ1) is 25.4. The van der Waals surface area contributed by atoms with E-state index >= 15 is 0 Å². The monoisotopic (exact) mass is 558 g/mol. The van der Waals surface area contributed by atoms with Crippen LogP contribution in [0, 0.1) is 6.92 Å². The fraction of sp³-hybridized carbons (Fsp3) is 0.103. The third-order valence-corrected chi connectivity index (χ3v) is 8.97. The van der Waals surface area contributed by atoms with Crippen LogP contribution in [0.1, 0.15) is 39.8 Å². The van der Waals surface area contributed by atoms with E-state index in [0.29, 0.717) is 5.56 Å². The second-order valence-corrected chi connectivity index (χ2v) is 11.1. The molecule has 7 aromatic rings. The first-order chi connectivity index (χ1) is 21.1. The second kappa shape index (κ2) is 9.60. The molecule has 1 atom stereocenters. The van der Waals surface area contributed by atoms with Crippen LogP contribution < -0.4 is 0 Å². The molecule has 208 valence electrons. The number of para-hydroxylation sites is 1. The number of pyridine rings is 1. The Hall–Kier alpha value is -5.35. The van der Waals surface area contributed by atoms with E-state index in [2.05, 4.69) is 126 Å². The molecule has 4 aromatic carbocycles. The van der Waals surface area contributed by atoms with Gasteiger partial charge in [-0.2, -0.15) is 0 Å². The van der Waals surface area contributed by atoms with Gasteiger partial charge in [-0.15, -0.1) is 0 Å². The third kappa shape index (κ3) is 3.47. The molecule has 0 radical (unpaired) electrons. The molecule has 0 bridgehead atoms. The van der Waals surface area contributed by atoms with Gasteiger partial charge in [0.05, 0.1) is 16.8 Å². The predicted molar refractivity (Wildman–Crippen MR) is 172 cm³/mol. The molecule has 0 fully saturated rings. The number of rotatable bonds is 5. The van der Waals surface area contributed by atoms with Crippen LogP contribution in [0.25, 0.3) is 38.7 Å². The molecule has 0 N–H and O–H groups in total. The molecule has 0 aliphatic carbocycles. The van der Waals surface area contributed by atoms with Crippen molar-refractivity contribution in [1.29, 1.82) is 0 Å². The molecular formula is C39H30N2O2. The third-order valence-electron chi connectivity index (χ3n) is 8.97. The van der Waals surface area contributed by atoms with Crippen molar-refractivity contribution in [2.24, 2.45) is 0 Å². The molecule has 1 unspecified atom stereocenters. The summed E-state index contributed by atoms with van der Waals surface area (Å²) in [5.41, 5.74) is 9.78. The van der Waals surface area contributed by atoms with Crippen LogP contribution in [0.3, 0.4) is 0 Å². The van der Waals surface area contributed by atoms with E-state index in [1.807, 2.05) is 30.3 Å². The molecule has 1 aliphatic rings. The average molecular weight is 559 g/mol. The summed E-state index contributed by atoms with van der Waals surface area (Å²) in [5, 5.41) is 1.08. The Morgan fingerprint density at radius 2 is 1.28 bits per heavy atom. The lowest BCUT2D eigenvalue weighted by Crippen LogP contribution is -2.32. The molecule has 0 amide bonds. The van der Waals surface area contributed by atoms with Gasteiger partial charge in [0.25, 0.3) is 0 Å². The summed E-state index contributed by atoms with van der Waals surface area (Å²) in [7, 11) is 0. The van der Waals surface area contributed by atoms with E-state index < -0.39 is 5.60 Å². The highest BCUT2D eigenvalue weighted by molar-refractivity contribution is 6.03. The molecule has 0 saturated heterocycles. The number of ether oxygens (including phenoxy) is 1. The van der Waals surface area contributed by atoms with Gasteiger partial charge in [-0.05, 0) is 49.2 Å². The summed E-state index contributed by atoms with van der Waals surface area (Å²) < 4.78 is 11.5. The number of hydrogen-bond donors (Lipinski definition) is 0. The highest BCUT2D eigenvalue weighted by Gasteiger charge is 2.54. The lowest BCUT2D eigenvalue weighted by Gasteiger charge is -2.32. The Labute approximate surface area is 250 Å². The minimum atomic E-state index is -1.21.